The molecule has 0 aliphatic carbocycles. The monoisotopic (exact) mass is 316 g/mol. The van der Waals surface area contributed by atoms with Gasteiger partial charge in [-0.1, -0.05) is 35.9 Å². The van der Waals surface area contributed by atoms with Crippen molar-refractivity contribution in [2.24, 2.45) is 0 Å². The quantitative estimate of drug-likeness (QED) is 0.847. The largest absolute Gasteiger partial charge is 0.321 e. The number of aromatic nitrogens is 1. The molecule has 22 heavy (non-hydrogen) atoms. The van der Waals surface area contributed by atoms with Gasteiger partial charge < -0.3 is 10.2 Å². The van der Waals surface area contributed by atoms with Crippen molar-refractivity contribution < 1.29 is 9.69 Å². The Balaban J connectivity index is 1.68. The van der Waals surface area contributed by atoms with Crippen molar-refractivity contribution in [1.29, 1.82) is 0 Å². The number of carbonyl (C=O) groups is 1. The number of anilines is 1. The van der Waals surface area contributed by atoms with Crippen molar-refractivity contribution in [3.63, 3.8) is 0 Å². The third kappa shape index (κ3) is 3.13. The second-order valence-electron chi connectivity index (χ2n) is 5.66. The van der Waals surface area contributed by atoms with Gasteiger partial charge in [0.25, 0.3) is 5.91 Å². The molecule has 1 unspecified atom stereocenters. The molecule has 2 heterocycles. The van der Waals surface area contributed by atoms with Gasteiger partial charge >= 0.3 is 0 Å². The summed E-state index contributed by atoms with van der Waals surface area (Å²) in [7, 11) is 0. The van der Waals surface area contributed by atoms with E-state index < -0.39 is 0 Å². The van der Waals surface area contributed by atoms with E-state index in [1.807, 2.05) is 6.92 Å². The smallest absolute Gasteiger partial charge is 0.282 e. The number of pyridine rings is 1. The molecule has 2 atom stereocenters. The van der Waals surface area contributed by atoms with Gasteiger partial charge in [0.2, 0.25) is 0 Å². The van der Waals surface area contributed by atoms with Gasteiger partial charge in [-0.2, -0.15) is 0 Å². The molecule has 1 aromatic heterocycles. The summed E-state index contributed by atoms with van der Waals surface area (Å²) in [5.41, 5.74) is 3.30. The molecule has 0 fully saturated rings. The number of benzene rings is 1. The molecule has 1 aliphatic rings. The number of hydrogen-bond donors (Lipinski definition) is 2. The highest BCUT2D eigenvalue weighted by Gasteiger charge is 2.29. The van der Waals surface area contributed by atoms with Crippen LogP contribution in [0.5, 0.6) is 0 Å². The van der Waals surface area contributed by atoms with E-state index in [0.29, 0.717) is 10.8 Å². The van der Waals surface area contributed by atoms with E-state index >= 15 is 0 Å². The first-order chi connectivity index (χ1) is 10.6. The van der Waals surface area contributed by atoms with Crippen molar-refractivity contribution in [2.75, 3.05) is 11.9 Å². The number of nitrogens with zero attached hydrogens (tertiary/aromatic N) is 1. The van der Waals surface area contributed by atoms with Crippen LogP contribution >= 0.6 is 11.6 Å². The fourth-order valence-corrected chi connectivity index (χ4v) is 3.04. The highest BCUT2D eigenvalue weighted by Crippen LogP contribution is 2.17. The van der Waals surface area contributed by atoms with Gasteiger partial charge in [0.1, 0.15) is 6.54 Å². The third-order valence-corrected chi connectivity index (χ3v) is 4.58. The second kappa shape index (κ2) is 6.46. The van der Waals surface area contributed by atoms with E-state index in [2.05, 4.69) is 34.6 Å². The van der Waals surface area contributed by atoms with Crippen LogP contribution in [0.1, 0.15) is 18.1 Å². The molecule has 0 spiro atoms. The number of halogens is 1. The number of quaternary nitrogens is 1. The first kappa shape index (κ1) is 15.0. The minimum absolute atomic E-state index is 0.0238. The summed E-state index contributed by atoms with van der Waals surface area (Å²) >= 11 is 5.99. The number of carbonyl (C=O) groups excluding carboxylic acids is 1. The van der Waals surface area contributed by atoms with E-state index in [-0.39, 0.29) is 11.9 Å². The lowest BCUT2D eigenvalue weighted by atomic mass is 9.99. The molecule has 0 saturated carbocycles. The van der Waals surface area contributed by atoms with Gasteiger partial charge in [0.15, 0.2) is 11.2 Å². The Hall–Kier alpha value is -1.91. The van der Waals surface area contributed by atoms with E-state index in [1.165, 1.54) is 16.0 Å². The van der Waals surface area contributed by atoms with Crippen LogP contribution in [-0.4, -0.2) is 23.5 Å². The molecule has 1 aromatic carbocycles. The molecule has 4 nitrogen and oxygen atoms in total. The average Bonchev–Trinajstić information content (AvgIpc) is 2.55. The lowest BCUT2D eigenvalue weighted by Crippen LogP contribution is -3.16. The van der Waals surface area contributed by atoms with Crippen molar-refractivity contribution in [3.05, 3.63) is 58.9 Å². The van der Waals surface area contributed by atoms with Crippen molar-refractivity contribution >= 4 is 23.2 Å². The predicted molar refractivity (Wildman–Crippen MR) is 87.0 cm³/mol. The van der Waals surface area contributed by atoms with Gasteiger partial charge in [0.05, 0.1) is 12.2 Å². The van der Waals surface area contributed by atoms with Crippen LogP contribution in [0, 0.1) is 0 Å². The highest BCUT2D eigenvalue weighted by molar-refractivity contribution is 6.32. The molecule has 2 N–H and O–H groups in total. The number of nitrogens with one attached hydrogen (secondary N) is 2. The molecule has 5 heteroatoms. The molecule has 2 aromatic rings. The van der Waals surface area contributed by atoms with Gasteiger partial charge in [-0.25, -0.2) is 4.98 Å². The molecule has 0 radical (unpaired) electrons. The van der Waals surface area contributed by atoms with Crippen LogP contribution in [0.3, 0.4) is 0 Å². The fourth-order valence-electron chi connectivity index (χ4n) is 2.88. The van der Waals surface area contributed by atoms with Crippen LogP contribution in [0.25, 0.3) is 0 Å². The number of hydrogen-bond acceptors (Lipinski definition) is 2. The Labute approximate surface area is 135 Å². The van der Waals surface area contributed by atoms with Crippen molar-refractivity contribution in [3.8, 4) is 0 Å². The lowest BCUT2D eigenvalue weighted by Gasteiger charge is -2.30. The zero-order valence-electron chi connectivity index (χ0n) is 12.5. The fraction of sp³-hybridized carbons (Fsp3) is 0.294. The summed E-state index contributed by atoms with van der Waals surface area (Å²) < 4.78 is 0. The maximum atomic E-state index is 12.5. The van der Waals surface area contributed by atoms with Crippen LogP contribution < -0.4 is 10.2 Å². The predicted octanol–water partition coefficient (Wildman–Crippen LogP) is 1.70. The first-order valence-electron chi connectivity index (χ1n) is 7.48. The van der Waals surface area contributed by atoms with Crippen molar-refractivity contribution in [1.82, 2.24) is 4.98 Å². The van der Waals surface area contributed by atoms with E-state index in [0.717, 1.165) is 19.5 Å². The molecule has 3 rings (SSSR count). The Morgan fingerprint density at radius 1 is 1.27 bits per heavy atom. The Morgan fingerprint density at radius 2 is 2.05 bits per heavy atom. The zero-order valence-corrected chi connectivity index (χ0v) is 13.2. The van der Waals surface area contributed by atoms with E-state index in [9.17, 15) is 4.79 Å². The first-order valence-corrected chi connectivity index (χ1v) is 7.85. The summed E-state index contributed by atoms with van der Waals surface area (Å²) in [4.78, 5) is 17.7. The number of amides is 1. The summed E-state index contributed by atoms with van der Waals surface area (Å²) in [6.45, 7) is 3.81. The Bertz CT molecular complexity index is 689. The maximum absolute atomic E-state index is 12.5. The van der Waals surface area contributed by atoms with Gasteiger partial charge in [-0.3, -0.25) is 4.79 Å². The molecule has 0 saturated heterocycles. The number of fused-ring (bicyclic) bond motifs is 1. The summed E-state index contributed by atoms with van der Waals surface area (Å²) in [5, 5.41) is 3.20. The molecule has 1 aliphatic heterocycles. The summed E-state index contributed by atoms with van der Waals surface area (Å²) in [5.74, 6) is -0.0238. The molecular formula is C17H19ClN3O+. The molecule has 114 valence electrons. The zero-order chi connectivity index (χ0) is 15.5. The Kier molecular flexibility index (Phi) is 4.41. The van der Waals surface area contributed by atoms with Gasteiger partial charge in [-0.15, -0.1) is 0 Å². The average molecular weight is 317 g/mol. The summed E-state index contributed by atoms with van der Waals surface area (Å²) in [6.07, 6.45) is 2.62. The summed E-state index contributed by atoms with van der Waals surface area (Å²) in [6, 6.07) is 11.8. The Morgan fingerprint density at radius 3 is 2.82 bits per heavy atom. The molecule has 0 bridgehead atoms. The van der Waals surface area contributed by atoms with Gasteiger partial charge in [0, 0.05) is 18.2 Å². The minimum Gasteiger partial charge on any atom is -0.321 e. The lowest BCUT2D eigenvalue weighted by molar-refractivity contribution is -0.929. The second-order valence-corrected chi connectivity index (χ2v) is 6.01. The standard InChI is InChI=1S/C17H18ClN3O/c1-12(17(22)20-15-7-4-9-19-16(15)18)21-10-8-13-5-2-3-6-14(13)11-21/h2-7,9,12H,8,10-11H2,1H3,(H,20,22)/p+1/t12-/m1/s1. The van der Waals surface area contributed by atoms with Crippen molar-refractivity contribution in [2.45, 2.75) is 25.9 Å². The van der Waals surface area contributed by atoms with Crippen LogP contribution in [0.4, 0.5) is 5.69 Å². The van der Waals surface area contributed by atoms with E-state index in [4.69, 9.17) is 11.6 Å². The molecule has 1 amide bonds. The van der Waals surface area contributed by atoms with Crippen LogP contribution in [-0.2, 0) is 17.8 Å². The van der Waals surface area contributed by atoms with Crippen LogP contribution in [0.15, 0.2) is 42.6 Å². The normalized spacial score (nSPS) is 18.4. The van der Waals surface area contributed by atoms with E-state index in [1.54, 1.807) is 18.3 Å². The minimum atomic E-state index is -0.135. The maximum Gasteiger partial charge on any atom is 0.282 e. The SMILES string of the molecule is C[C@H](C(=O)Nc1cccnc1Cl)[NH+]1CCc2ccccc2C1. The number of rotatable bonds is 3. The molecular weight excluding hydrogens is 298 g/mol. The topological polar surface area (TPSA) is 46.4 Å². The van der Waals surface area contributed by atoms with Crippen LogP contribution in [0.2, 0.25) is 5.15 Å². The third-order valence-electron chi connectivity index (χ3n) is 4.27. The highest BCUT2D eigenvalue weighted by atomic mass is 35.5. The van der Waals surface area contributed by atoms with Gasteiger partial charge in [-0.05, 0) is 24.6 Å².